The molecule has 0 amide bonds. The SMILES string of the molecule is CCC(C)C(=O)Cl.[Se]. The van der Waals surface area contributed by atoms with E-state index in [1.807, 2.05) is 13.8 Å². The van der Waals surface area contributed by atoms with E-state index in [0.29, 0.717) is 0 Å². The first-order chi connectivity index (χ1) is 3.18. The van der Waals surface area contributed by atoms with Crippen LogP contribution >= 0.6 is 11.6 Å². The Hall–Kier alpha value is 0.479. The van der Waals surface area contributed by atoms with Crippen LogP contribution in [0.1, 0.15) is 20.3 Å². The predicted molar refractivity (Wildman–Crippen MR) is 36.1 cm³/mol. The van der Waals surface area contributed by atoms with Crippen molar-refractivity contribution in [3.05, 3.63) is 0 Å². The average Bonchev–Trinajstić information content (AvgIpc) is 1.65. The van der Waals surface area contributed by atoms with Crippen molar-refractivity contribution in [1.82, 2.24) is 0 Å². The van der Waals surface area contributed by atoms with Crippen molar-refractivity contribution in [3.8, 4) is 0 Å². The van der Waals surface area contributed by atoms with E-state index in [0.717, 1.165) is 6.42 Å². The maximum absolute atomic E-state index is 10.1. The standard InChI is InChI=1S/C5H9ClO.Se/c1-3-4(2)5(6)7;/h4H,3H2,1-2H3;. The van der Waals surface area contributed by atoms with Crippen LogP contribution in [0, 0.1) is 5.92 Å². The minimum Gasteiger partial charge on any atom is -0.281 e. The largest absolute Gasteiger partial charge is 0.281 e. The van der Waals surface area contributed by atoms with Crippen LogP contribution in [-0.2, 0) is 4.79 Å². The molecule has 0 fully saturated rings. The molecule has 0 spiro atoms. The van der Waals surface area contributed by atoms with E-state index >= 15 is 0 Å². The Morgan fingerprint density at radius 3 is 2.12 bits per heavy atom. The third kappa shape index (κ3) is 4.63. The molecule has 8 heavy (non-hydrogen) atoms. The maximum atomic E-state index is 10.1. The molecule has 1 nitrogen and oxygen atoms in total. The maximum Gasteiger partial charge on any atom is 0.224 e. The zero-order valence-corrected chi connectivity index (χ0v) is 7.45. The van der Waals surface area contributed by atoms with E-state index in [1.54, 1.807) is 0 Å². The molecule has 0 N–H and O–H groups in total. The van der Waals surface area contributed by atoms with Crippen molar-refractivity contribution in [2.75, 3.05) is 0 Å². The van der Waals surface area contributed by atoms with Crippen molar-refractivity contribution >= 4 is 33.9 Å². The van der Waals surface area contributed by atoms with E-state index in [9.17, 15) is 4.79 Å². The fourth-order valence-electron chi connectivity index (χ4n) is 0.160. The van der Waals surface area contributed by atoms with Gasteiger partial charge in [-0.25, -0.2) is 0 Å². The zero-order chi connectivity index (χ0) is 5.86. The molecule has 0 aromatic rings. The van der Waals surface area contributed by atoms with Gasteiger partial charge in [-0.2, -0.15) is 0 Å². The van der Waals surface area contributed by atoms with Gasteiger partial charge >= 0.3 is 0 Å². The van der Waals surface area contributed by atoms with Gasteiger partial charge in [-0.3, -0.25) is 4.79 Å². The van der Waals surface area contributed by atoms with E-state index < -0.39 is 0 Å². The van der Waals surface area contributed by atoms with Gasteiger partial charge in [0.15, 0.2) is 0 Å². The quantitative estimate of drug-likeness (QED) is 0.486. The Balaban J connectivity index is 0. The summed E-state index contributed by atoms with van der Waals surface area (Å²) in [6, 6.07) is 0. The molecule has 0 saturated heterocycles. The summed E-state index contributed by atoms with van der Waals surface area (Å²) in [4.78, 5) is 10.1. The van der Waals surface area contributed by atoms with Crippen LogP contribution in [0.2, 0.25) is 0 Å². The zero-order valence-electron chi connectivity index (χ0n) is 4.98. The first kappa shape index (κ1) is 11.3. The second-order valence-corrected chi connectivity index (χ2v) is 1.99. The molecular weight excluding hydrogens is 190 g/mol. The monoisotopic (exact) mass is 200 g/mol. The Morgan fingerprint density at radius 2 is 2.12 bits per heavy atom. The molecule has 1 unspecified atom stereocenters. The number of hydrogen-bond donors (Lipinski definition) is 0. The summed E-state index contributed by atoms with van der Waals surface area (Å²) in [5, 5.41) is -0.234. The summed E-state index contributed by atoms with van der Waals surface area (Å²) >= 11 is 5.09. The van der Waals surface area contributed by atoms with Crippen LogP contribution in [0.4, 0.5) is 0 Å². The smallest absolute Gasteiger partial charge is 0.224 e. The van der Waals surface area contributed by atoms with Gasteiger partial charge in [-0.05, 0) is 18.0 Å². The van der Waals surface area contributed by atoms with Crippen LogP contribution in [0.15, 0.2) is 0 Å². The Morgan fingerprint density at radius 1 is 1.75 bits per heavy atom. The van der Waals surface area contributed by atoms with Gasteiger partial charge in [-0.15, -0.1) is 0 Å². The van der Waals surface area contributed by atoms with Crippen LogP contribution in [0.5, 0.6) is 0 Å². The summed E-state index contributed by atoms with van der Waals surface area (Å²) in [6.07, 6.45) is 0.836. The van der Waals surface area contributed by atoms with Crippen molar-refractivity contribution in [1.29, 1.82) is 0 Å². The number of carbonyl (C=O) groups is 1. The Bertz CT molecular complexity index is 74.8. The number of halogens is 1. The molecule has 3 heteroatoms. The molecule has 0 aliphatic carbocycles. The molecule has 48 valence electrons. The summed E-state index contributed by atoms with van der Waals surface area (Å²) < 4.78 is 0. The molecule has 0 bridgehead atoms. The van der Waals surface area contributed by atoms with E-state index in [-0.39, 0.29) is 28.2 Å². The molecule has 0 heterocycles. The molecule has 2 radical (unpaired) electrons. The van der Waals surface area contributed by atoms with Gasteiger partial charge in [0.1, 0.15) is 0 Å². The topological polar surface area (TPSA) is 17.1 Å². The van der Waals surface area contributed by atoms with Gasteiger partial charge in [0.05, 0.1) is 0 Å². The third-order valence-electron chi connectivity index (χ3n) is 1.000. The van der Waals surface area contributed by atoms with E-state index in [4.69, 9.17) is 11.6 Å². The minimum absolute atomic E-state index is 0. The second-order valence-electron chi connectivity index (χ2n) is 1.61. The van der Waals surface area contributed by atoms with Gasteiger partial charge < -0.3 is 0 Å². The molecule has 0 aromatic carbocycles. The fraction of sp³-hybridized carbons (Fsp3) is 0.800. The molecule has 1 atom stereocenters. The van der Waals surface area contributed by atoms with Gasteiger partial charge in [-0.1, -0.05) is 13.8 Å². The van der Waals surface area contributed by atoms with Crippen molar-refractivity contribution in [2.24, 2.45) is 5.92 Å². The second kappa shape index (κ2) is 5.61. The van der Waals surface area contributed by atoms with Crippen molar-refractivity contribution in [2.45, 2.75) is 20.3 Å². The van der Waals surface area contributed by atoms with Crippen molar-refractivity contribution in [3.63, 3.8) is 0 Å². The van der Waals surface area contributed by atoms with Crippen LogP contribution in [0.3, 0.4) is 0 Å². The van der Waals surface area contributed by atoms with Gasteiger partial charge in [0, 0.05) is 23.0 Å². The summed E-state index contributed by atoms with van der Waals surface area (Å²) in [5.41, 5.74) is 0. The predicted octanol–water partition coefficient (Wildman–Crippen LogP) is 1.42. The molecule has 0 aromatic heterocycles. The molecular formula is C5H9ClOSe. The van der Waals surface area contributed by atoms with Gasteiger partial charge in [0.2, 0.25) is 5.24 Å². The van der Waals surface area contributed by atoms with Crippen LogP contribution < -0.4 is 0 Å². The van der Waals surface area contributed by atoms with E-state index in [2.05, 4.69) is 0 Å². The normalized spacial score (nSPS) is 11.9. The van der Waals surface area contributed by atoms with Crippen LogP contribution in [0.25, 0.3) is 0 Å². The van der Waals surface area contributed by atoms with Crippen molar-refractivity contribution < 1.29 is 4.79 Å². The third-order valence-corrected chi connectivity index (χ3v) is 1.37. The first-order valence-corrected chi connectivity index (χ1v) is 2.75. The minimum atomic E-state index is -0.234. The molecule has 0 rings (SSSR count). The summed E-state index contributed by atoms with van der Waals surface area (Å²) in [6.45, 7) is 3.75. The number of hydrogen-bond acceptors (Lipinski definition) is 1. The molecule has 0 aliphatic heterocycles. The number of rotatable bonds is 2. The van der Waals surface area contributed by atoms with Crippen LogP contribution in [-0.4, -0.2) is 22.3 Å². The fourth-order valence-corrected chi connectivity index (χ4v) is 0.315. The number of carbonyl (C=O) groups excluding carboxylic acids is 1. The average molecular weight is 200 g/mol. The van der Waals surface area contributed by atoms with E-state index in [1.165, 1.54) is 0 Å². The molecule has 0 saturated carbocycles. The summed E-state index contributed by atoms with van der Waals surface area (Å²) in [5.74, 6) is 0.0293. The first-order valence-electron chi connectivity index (χ1n) is 2.37. The summed E-state index contributed by atoms with van der Waals surface area (Å²) in [7, 11) is 0. The Kier molecular flexibility index (Phi) is 7.93. The Labute approximate surface area is 65.3 Å². The molecule has 0 aliphatic rings. The van der Waals surface area contributed by atoms with Gasteiger partial charge in [0.25, 0.3) is 0 Å².